The standard InChI is InChI=1S/C10H16N4O/c11-9-6-12-7-10(14-9)13-5-8-3-1-2-4-15-8/h6-8H,1-5H2,(H3,11,13,14). The number of hydrogen-bond acceptors (Lipinski definition) is 5. The van der Waals surface area contributed by atoms with Gasteiger partial charge in [0, 0.05) is 13.2 Å². The van der Waals surface area contributed by atoms with Gasteiger partial charge in [-0.05, 0) is 19.3 Å². The van der Waals surface area contributed by atoms with Gasteiger partial charge in [-0.3, -0.25) is 4.98 Å². The summed E-state index contributed by atoms with van der Waals surface area (Å²) in [6, 6.07) is 0. The van der Waals surface area contributed by atoms with E-state index in [9.17, 15) is 0 Å². The van der Waals surface area contributed by atoms with Crippen LogP contribution in [-0.4, -0.2) is 29.2 Å². The minimum absolute atomic E-state index is 0.294. The van der Waals surface area contributed by atoms with Crippen molar-refractivity contribution in [1.82, 2.24) is 9.97 Å². The van der Waals surface area contributed by atoms with Gasteiger partial charge in [-0.1, -0.05) is 0 Å². The van der Waals surface area contributed by atoms with Gasteiger partial charge in [-0.25, -0.2) is 4.98 Å². The van der Waals surface area contributed by atoms with E-state index in [1.54, 1.807) is 6.20 Å². The van der Waals surface area contributed by atoms with Crippen LogP contribution in [0.1, 0.15) is 19.3 Å². The smallest absolute Gasteiger partial charge is 0.147 e. The third-order valence-corrected chi connectivity index (χ3v) is 2.44. The lowest BCUT2D eigenvalue weighted by molar-refractivity contribution is 0.0247. The Kier molecular flexibility index (Phi) is 3.34. The van der Waals surface area contributed by atoms with Crippen molar-refractivity contribution in [1.29, 1.82) is 0 Å². The molecule has 15 heavy (non-hydrogen) atoms. The Morgan fingerprint density at radius 1 is 1.47 bits per heavy atom. The first kappa shape index (κ1) is 10.2. The molecule has 1 aromatic rings. The van der Waals surface area contributed by atoms with Crippen molar-refractivity contribution >= 4 is 11.6 Å². The molecule has 1 aromatic heterocycles. The van der Waals surface area contributed by atoms with E-state index in [4.69, 9.17) is 10.5 Å². The van der Waals surface area contributed by atoms with E-state index in [0.717, 1.165) is 19.6 Å². The van der Waals surface area contributed by atoms with Crippen LogP contribution in [0.2, 0.25) is 0 Å². The molecule has 5 heteroatoms. The highest BCUT2D eigenvalue weighted by atomic mass is 16.5. The Bertz CT molecular complexity index is 312. The van der Waals surface area contributed by atoms with E-state index >= 15 is 0 Å². The number of hydrogen-bond donors (Lipinski definition) is 2. The molecule has 1 aliphatic heterocycles. The molecule has 0 saturated carbocycles. The van der Waals surface area contributed by atoms with Crippen LogP contribution in [0.4, 0.5) is 11.6 Å². The molecule has 0 aromatic carbocycles. The third kappa shape index (κ3) is 3.06. The predicted octanol–water partition coefficient (Wildman–Crippen LogP) is 1.04. The van der Waals surface area contributed by atoms with Crippen LogP contribution in [0.3, 0.4) is 0 Å². The van der Waals surface area contributed by atoms with E-state index in [1.165, 1.54) is 19.0 Å². The van der Waals surface area contributed by atoms with Crippen molar-refractivity contribution in [2.24, 2.45) is 0 Å². The lowest BCUT2D eigenvalue weighted by Gasteiger charge is -2.22. The molecule has 0 aliphatic carbocycles. The highest BCUT2D eigenvalue weighted by Crippen LogP contribution is 2.13. The third-order valence-electron chi connectivity index (χ3n) is 2.44. The normalized spacial score (nSPS) is 21.2. The molecule has 1 saturated heterocycles. The summed E-state index contributed by atoms with van der Waals surface area (Å²) >= 11 is 0. The summed E-state index contributed by atoms with van der Waals surface area (Å²) < 4.78 is 5.59. The SMILES string of the molecule is Nc1cncc(NCC2CCCCO2)n1. The zero-order valence-electron chi connectivity index (χ0n) is 8.65. The summed E-state index contributed by atoms with van der Waals surface area (Å²) in [5, 5.41) is 3.18. The highest BCUT2D eigenvalue weighted by Gasteiger charge is 2.13. The number of nitrogens with one attached hydrogen (secondary N) is 1. The number of anilines is 2. The summed E-state index contributed by atoms with van der Waals surface area (Å²) in [4.78, 5) is 8.06. The molecule has 2 heterocycles. The Morgan fingerprint density at radius 3 is 3.13 bits per heavy atom. The minimum atomic E-state index is 0.294. The summed E-state index contributed by atoms with van der Waals surface area (Å²) in [5.41, 5.74) is 5.52. The van der Waals surface area contributed by atoms with Crippen molar-refractivity contribution in [2.75, 3.05) is 24.2 Å². The molecular weight excluding hydrogens is 192 g/mol. The van der Waals surface area contributed by atoms with E-state index < -0.39 is 0 Å². The van der Waals surface area contributed by atoms with Crippen LogP contribution in [0.5, 0.6) is 0 Å². The van der Waals surface area contributed by atoms with E-state index in [1.807, 2.05) is 0 Å². The number of ether oxygens (including phenoxy) is 1. The fraction of sp³-hybridized carbons (Fsp3) is 0.600. The zero-order valence-corrected chi connectivity index (χ0v) is 8.65. The van der Waals surface area contributed by atoms with E-state index in [2.05, 4.69) is 15.3 Å². The van der Waals surface area contributed by atoms with Gasteiger partial charge in [0.2, 0.25) is 0 Å². The Balaban J connectivity index is 1.81. The molecule has 1 fully saturated rings. The van der Waals surface area contributed by atoms with Crippen LogP contribution in [-0.2, 0) is 4.74 Å². The number of nitrogens with zero attached hydrogens (tertiary/aromatic N) is 2. The topological polar surface area (TPSA) is 73.1 Å². The van der Waals surface area contributed by atoms with Gasteiger partial charge in [-0.15, -0.1) is 0 Å². The molecule has 0 spiro atoms. The minimum Gasteiger partial charge on any atom is -0.382 e. The number of nitrogen functional groups attached to an aromatic ring is 1. The van der Waals surface area contributed by atoms with Crippen LogP contribution >= 0.6 is 0 Å². The number of nitrogens with two attached hydrogens (primary N) is 1. The molecule has 5 nitrogen and oxygen atoms in total. The molecule has 2 rings (SSSR count). The Labute approximate surface area is 89.1 Å². The molecule has 1 atom stereocenters. The van der Waals surface area contributed by atoms with Crippen LogP contribution in [0.15, 0.2) is 12.4 Å². The van der Waals surface area contributed by atoms with Gasteiger partial charge in [-0.2, -0.15) is 0 Å². The second-order valence-electron chi connectivity index (χ2n) is 3.70. The Hall–Kier alpha value is -1.36. The largest absolute Gasteiger partial charge is 0.382 e. The Morgan fingerprint density at radius 2 is 2.40 bits per heavy atom. The fourth-order valence-electron chi connectivity index (χ4n) is 1.65. The molecule has 82 valence electrons. The summed E-state index contributed by atoms with van der Waals surface area (Å²) in [7, 11) is 0. The molecule has 1 aliphatic rings. The molecule has 1 unspecified atom stereocenters. The average molecular weight is 208 g/mol. The van der Waals surface area contributed by atoms with Gasteiger partial charge in [0.15, 0.2) is 0 Å². The lowest BCUT2D eigenvalue weighted by atomic mass is 10.1. The zero-order chi connectivity index (χ0) is 10.5. The predicted molar refractivity (Wildman–Crippen MR) is 58.5 cm³/mol. The quantitative estimate of drug-likeness (QED) is 0.776. The van der Waals surface area contributed by atoms with Crippen LogP contribution in [0.25, 0.3) is 0 Å². The van der Waals surface area contributed by atoms with Crippen LogP contribution < -0.4 is 11.1 Å². The van der Waals surface area contributed by atoms with Gasteiger partial charge in [0.05, 0.1) is 18.5 Å². The maximum absolute atomic E-state index is 5.59. The van der Waals surface area contributed by atoms with Crippen molar-refractivity contribution in [3.05, 3.63) is 12.4 Å². The molecule has 0 radical (unpaired) electrons. The summed E-state index contributed by atoms with van der Waals surface area (Å²) in [5.74, 6) is 1.15. The fourth-order valence-corrected chi connectivity index (χ4v) is 1.65. The lowest BCUT2D eigenvalue weighted by Crippen LogP contribution is -2.27. The van der Waals surface area contributed by atoms with Crippen molar-refractivity contribution in [3.8, 4) is 0 Å². The molecule has 0 bridgehead atoms. The van der Waals surface area contributed by atoms with Crippen molar-refractivity contribution in [3.63, 3.8) is 0 Å². The first-order valence-corrected chi connectivity index (χ1v) is 5.27. The maximum Gasteiger partial charge on any atom is 0.147 e. The molecule has 3 N–H and O–H groups in total. The van der Waals surface area contributed by atoms with Gasteiger partial charge < -0.3 is 15.8 Å². The monoisotopic (exact) mass is 208 g/mol. The number of rotatable bonds is 3. The first-order valence-electron chi connectivity index (χ1n) is 5.27. The second kappa shape index (κ2) is 4.93. The van der Waals surface area contributed by atoms with E-state index in [-0.39, 0.29) is 0 Å². The van der Waals surface area contributed by atoms with Crippen LogP contribution in [0, 0.1) is 0 Å². The second-order valence-corrected chi connectivity index (χ2v) is 3.70. The summed E-state index contributed by atoms with van der Waals surface area (Å²) in [6.45, 7) is 1.65. The first-order chi connectivity index (χ1) is 7.34. The highest BCUT2D eigenvalue weighted by molar-refractivity contribution is 5.38. The molecular formula is C10H16N4O. The summed E-state index contributed by atoms with van der Waals surface area (Å²) in [6.07, 6.45) is 7.02. The van der Waals surface area contributed by atoms with Crippen molar-refractivity contribution in [2.45, 2.75) is 25.4 Å². The van der Waals surface area contributed by atoms with Gasteiger partial charge in [0.25, 0.3) is 0 Å². The number of aromatic nitrogens is 2. The van der Waals surface area contributed by atoms with Crippen molar-refractivity contribution < 1.29 is 4.74 Å². The molecule has 0 amide bonds. The average Bonchev–Trinajstić information content (AvgIpc) is 2.28. The maximum atomic E-state index is 5.59. The van der Waals surface area contributed by atoms with Gasteiger partial charge >= 0.3 is 0 Å². The van der Waals surface area contributed by atoms with Gasteiger partial charge in [0.1, 0.15) is 11.6 Å². The van der Waals surface area contributed by atoms with E-state index in [0.29, 0.717) is 17.7 Å².